The zero-order valence-corrected chi connectivity index (χ0v) is 27.4. The number of alkyl halides is 3. The zero-order valence-electron chi connectivity index (χ0n) is 27.4. The van der Waals surface area contributed by atoms with Crippen LogP contribution in [0.5, 0.6) is 23.0 Å². The highest BCUT2D eigenvalue weighted by Gasteiger charge is 2.34. The third-order valence-corrected chi connectivity index (χ3v) is 7.59. The van der Waals surface area contributed by atoms with Crippen LogP contribution in [0.25, 0.3) is 0 Å². The highest BCUT2D eigenvalue weighted by Crippen LogP contribution is 2.35. The van der Waals surface area contributed by atoms with Crippen molar-refractivity contribution in [3.05, 3.63) is 149 Å². The van der Waals surface area contributed by atoms with Gasteiger partial charge in [0.1, 0.15) is 36.1 Å². The van der Waals surface area contributed by atoms with E-state index in [1.807, 2.05) is 42.5 Å². The normalized spacial score (nSPS) is 11.0. The highest BCUT2D eigenvalue weighted by atomic mass is 19.4. The van der Waals surface area contributed by atoms with E-state index in [1.54, 1.807) is 36.4 Å². The van der Waals surface area contributed by atoms with Crippen LogP contribution in [-0.2, 0) is 35.3 Å². The summed E-state index contributed by atoms with van der Waals surface area (Å²) in [6.45, 7) is -0.184. The summed E-state index contributed by atoms with van der Waals surface area (Å²) in [6.07, 6.45) is -5.24. The lowest BCUT2D eigenvalue weighted by Gasteiger charge is -2.21. The maximum absolute atomic E-state index is 13.5. The molecule has 0 saturated carbocycles. The topological polar surface area (TPSA) is 114 Å². The van der Waals surface area contributed by atoms with Crippen LogP contribution in [0, 0.1) is 0 Å². The van der Waals surface area contributed by atoms with Crippen molar-refractivity contribution in [1.29, 1.82) is 0 Å². The molecule has 0 aliphatic heterocycles. The summed E-state index contributed by atoms with van der Waals surface area (Å²) in [6, 6.07) is 32.8. The number of halogens is 3. The molecule has 0 aromatic heterocycles. The van der Waals surface area contributed by atoms with E-state index in [4.69, 9.17) is 14.2 Å². The Morgan fingerprint density at radius 3 is 2.10 bits per heavy atom. The lowest BCUT2D eigenvalue weighted by molar-refractivity contribution is -0.139. The molecule has 5 aromatic carbocycles. The van der Waals surface area contributed by atoms with Gasteiger partial charge in [-0.15, -0.1) is 0 Å². The molecule has 0 unspecified atom stereocenters. The average Bonchev–Trinajstić information content (AvgIpc) is 3.11. The first-order valence-electron chi connectivity index (χ1n) is 15.7. The second-order valence-corrected chi connectivity index (χ2v) is 11.4. The van der Waals surface area contributed by atoms with E-state index < -0.39 is 42.5 Å². The van der Waals surface area contributed by atoms with Gasteiger partial charge in [0.2, 0.25) is 5.91 Å². The Kier molecular flexibility index (Phi) is 11.6. The van der Waals surface area contributed by atoms with Gasteiger partial charge in [0, 0.05) is 23.9 Å². The third-order valence-electron chi connectivity index (χ3n) is 7.59. The summed E-state index contributed by atoms with van der Waals surface area (Å²) in [7, 11) is 1.25. The molecule has 9 nitrogen and oxygen atoms in total. The van der Waals surface area contributed by atoms with Crippen LogP contribution in [0.15, 0.2) is 121 Å². The Balaban J connectivity index is 1.19. The molecule has 0 fully saturated rings. The number of methoxy groups -OCH3 is 1. The van der Waals surface area contributed by atoms with E-state index in [0.29, 0.717) is 29.4 Å². The SMILES string of the molecule is COc1ccc(CC(=O)Nc2ccc(C(=O)N(CC(=O)O)Cc3ccc(Oc4cccc(OCc5ccccc5)c4)cc3)cc2)c(C(F)(F)F)c1. The van der Waals surface area contributed by atoms with Crippen molar-refractivity contribution in [2.45, 2.75) is 25.7 Å². The molecule has 0 heterocycles. The van der Waals surface area contributed by atoms with Crippen molar-refractivity contribution in [3.8, 4) is 23.0 Å². The van der Waals surface area contributed by atoms with E-state index in [9.17, 15) is 32.7 Å². The minimum absolute atomic E-state index is 0.0116. The van der Waals surface area contributed by atoms with E-state index >= 15 is 0 Å². The minimum Gasteiger partial charge on any atom is -0.497 e. The fourth-order valence-corrected chi connectivity index (χ4v) is 5.11. The number of nitrogens with zero attached hydrogens (tertiary/aromatic N) is 1. The number of benzene rings is 5. The van der Waals surface area contributed by atoms with Crippen LogP contribution < -0.4 is 19.5 Å². The molecule has 5 rings (SSSR count). The highest BCUT2D eigenvalue weighted by molar-refractivity contribution is 5.97. The Morgan fingerprint density at radius 1 is 0.745 bits per heavy atom. The molecule has 0 aliphatic rings. The van der Waals surface area contributed by atoms with Crippen LogP contribution in [0.1, 0.15) is 32.6 Å². The molecule has 0 radical (unpaired) electrons. The molecule has 262 valence electrons. The first-order valence-corrected chi connectivity index (χ1v) is 15.7. The molecular formula is C39H33F3N2O7. The van der Waals surface area contributed by atoms with Crippen molar-refractivity contribution in [3.63, 3.8) is 0 Å². The number of carbonyl (C=O) groups is 3. The number of nitrogens with one attached hydrogen (secondary N) is 1. The van der Waals surface area contributed by atoms with Gasteiger partial charge in [-0.3, -0.25) is 14.4 Å². The maximum atomic E-state index is 13.5. The van der Waals surface area contributed by atoms with Crippen LogP contribution in [0.4, 0.5) is 18.9 Å². The quantitative estimate of drug-likeness (QED) is 0.121. The zero-order chi connectivity index (χ0) is 36.4. The summed E-state index contributed by atoms with van der Waals surface area (Å²) >= 11 is 0. The van der Waals surface area contributed by atoms with Crippen molar-refractivity contribution < 1.29 is 46.9 Å². The van der Waals surface area contributed by atoms with Gasteiger partial charge in [-0.25, -0.2) is 0 Å². The van der Waals surface area contributed by atoms with Gasteiger partial charge in [0.05, 0.1) is 19.1 Å². The van der Waals surface area contributed by atoms with Gasteiger partial charge >= 0.3 is 12.1 Å². The molecular weight excluding hydrogens is 665 g/mol. The second-order valence-electron chi connectivity index (χ2n) is 11.4. The number of aliphatic carboxylic acids is 1. The van der Waals surface area contributed by atoms with Crippen LogP contribution >= 0.6 is 0 Å². The summed E-state index contributed by atoms with van der Waals surface area (Å²) < 4.78 is 57.4. The number of carboxylic acid groups (broad SMARTS) is 1. The maximum Gasteiger partial charge on any atom is 0.416 e. The Hall–Kier alpha value is -6.30. The first-order chi connectivity index (χ1) is 24.5. The number of carboxylic acids is 1. The fraction of sp³-hybridized carbons (Fsp3) is 0.154. The standard InChI is InChI=1S/C39H33F3N2O7/c1-49-32-19-14-29(35(22-32)39(40,41)42)20-36(45)43-30-15-12-28(13-16-30)38(48)44(24-37(46)47)23-26-10-17-31(18-11-26)51-34-9-5-8-33(21-34)50-25-27-6-3-2-4-7-27/h2-19,21-22H,20,23-25H2,1H3,(H,43,45)(H,46,47). The Bertz CT molecular complexity index is 1970. The van der Waals surface area contributed by atoms with E-state index in [0.717, 1.165) is 16.5 Å². The van der Waals surface area contributed by atoms with Gasteiger partial charge < -0.3 is 29.5 Å². The predicted octanol–water partition coefficient (Wildman–Crippen LogP) is 7.99. The van der Waals surface area contributed by atoms with Gasteiger partial charge in [-0.05, 0) is 77.4 Å². The first kappa shape index (κ1) is 36.0. The number of hydrogen-bond donors (Lipinski definition) is 2. The lowest BCUT2D eigenvalue weighted by atomic mass is 10.0. The van der Waals surface area contributed by atoms with Gasteiger partial charge in [0.25, 0.3) is 5.91 Å². The van der Waals surface area contributed by atoms with E-state index in [-0.39, 0.29) is 29.1 Å². The van der Waals surface area contributed by atoms with Crippen molar-refractivity contribution in [2.24, 2.45) is 0 Å². The number of carbonyl (C=O) groups excluding carboxylic acids is 2. The molecule has 51 heavy (non-hydrogen) atoms. The van der Waals surface area contributed by atoms with Gasteiger partial charge in [-0.1, -0.05) is 54.6 Å². The largest absolute Gasteiger partial charge is 0.497 e. The van der Waals surface area contributed by atoms with Gasteiger partial charge in [-0.2, -0.15) is 13.2 Å². The monoisotopic (exact) mass is 698 g/mol. The third kappa shape index (κ3) is 10.3. The smallest absolute Gasteiger partial charge is 0.416 e. The number of rotatable bonds is 14. The summed E-state index contributed by atoms with van der Waals surface area (Å²) in [5, 5.41) is 12.0. The van der Waals surface area contributed by atoms with Crippen molar-refractivity contribution in [2.75, 3.05) is 19.0 Å². The number of ether oxygens (including phenoxy) is 3. The Morgan fingerprint density at radius 2 is 1.43 bits per heavy atom. The molecule has 5 aromatic rings. The number of amides is 2. The predicted molar refractivity (Wildman–Crippen MR) is 183 cm³/mol. The van der Waals surface area contributed by atoms with Crippen LogP contribution in [-0.4, -0.2) is 41.4 Å². The molecule has 0 saturated heterocycles. The molecule has 2 amide bonds. The summed E-state index contributed by atoms with van der Waals surface area (Å²) in [5.74, 6) is -0.753. The lowest BCUT2D eigenvalue weighted by Crippen LogP contribution is -2.35. The summed E-state index contributed by atoms with van der Waals surface area (Å²) in [4.78, 5) is 38.8. The molecule has 2 N–H and O–H groups in total. The summed E-state index contributed by atoms with van der Waals surface area (Å²) in [5.41, 5.74) is 0.872. The van der Waals surface area contributed by atoms with Crippen LogP contribution in [0.2, 0.25) is 0 Å². The van der Waals surface area contributed by atoms with E-state index in [1.165, 1.54) is 43.5 Å². The second kappa shape index (κ2) is 16.4. The Labute approximate surface area is 291 Å². The number of anilines is 1. The average molecular weight is 699 g/mol. The van der Waals surface area contributed by atoms with Crippen molar-refractivity contribution in [1.82, 2.24) is 4.90 Å². The molecule has 0 aliphatic carbocycles. The van der Waals surface area contributed by atoms with E-state index in [2.05, 4.69) is 5.32 Å². The van der Waals surface area contributed by atoms with Crippen molar-refractivity contribution >= 4 is 23.5 Å². The van der Waals surface area contributed by atoms with Gasteiger partial charge in [0.15, 0.2) is 0 Å². The molecule has 12 heteroatoms. The molecule has 0 atom stereocenters. The fourth-order valence-electron chi connectivity index (χ4n) is 5.11. The molecule has 0 bridgehead atoms. The number of hydrogen-bond acceptors (Lipinski definition) is 6. The molecule has 0 spiro atoms. The minimum atomic E-state index is -4.69. The van der Waals surface area contributed by atoms with Crippen LogP contribution in [0.3, 0.4) is 0 Å².